The van der Waals surface area contributed by atoms with E-state index in [0.29, 0.717) is 12.1 Å². The van der Waals surface area contributed by atoms with Crippen molar-refractivity contribution in [1.29, 1.82) is 5.26 Å². The molecule has 1 amide bonds. The van der Waals surface area contributed by atoms with Crippen LogP contribution in [0.4, 0.5) is 10.5 Å². The number of pyridine rings is 1. The van der Waals surface area contributed by atoms with Gasteiger partial charge in [-0.05, 0) is 62.6 Å². The largest absolute Gasteiger partial charge is 0.447 e. The topological polar surface area (TPSA) is 78.2 Å². The lowest BCUT2D eigenvalue weighted by Gasteiger charge is -2.27. The van der Waals surface area contributed by atoms with E-state index in [2.05, 4.69) is 21.3 Å². The molecule has 1 aliphatic heterocycles. The molecule has 1 N–H and O–H groups in total. The van der Waals surface area contributed by atoms with Gasteiger partial charge in [-0.3, -0.25) is 4.98 Å². The van der Waals surface area contributed by atoms with Gasteiger partial charge in [-0.15, -0.1) is 0 Å². The first-order valence-electron chi connectivity index (χ1n) is 9.73. The number of carbonyl (C=O) groups is 1. The summed E-state index contributed by atoms with van der Waals surface area (Å²) in [6, 6.07) is 14.4. The summed E-state index contributed by atoms with van der Waals surface area (Å²) >= 11 is 0. The van der Waals surface area contributed by atoms with Gasteiger partial charge in [0.1, 0.15) is 0 Å². The fourth-order valence-corrected chi connectivity index (χ4v) is 4.46. The highest BCUT2D eigenvalue weighted by Crippen LogP contribution is 2.50. The summed E-state index contributed by atoms with van der Waals surface area (Å²) in [6.07, 6.45) is 3.01. The minimum absolute atomic E-state index is 0.0615. The molecule has 1 aromatic heterocycles. The van der Waals surface area contributed by atoms with Gasteiger partial charge in [0.2, 0.25) is 0 Å². The number of amides is 1. The van der Waals surface area contributed by atoms with Gasteiger partial charge in [0.15, 0.2) is 0 Å². The number of carbonyl (C=O) groups excluding carboxylic acids is 1. The number of aromatic nitrogens is 1. The van der Waals surface area contributed by atoms with E-state index >= 15 is 0 Å². The first kappa shape index (κ1) is 18.3. The molecule has 1 aliphatic carbocycles. The fourth-order valence-electron chi connectivity index (χ4n) is 4.46. The molecule has 0 spiro atoms. The van der Waals surface area contributed by atoms with E-state index < -0.39 is 0 Å². The van der Waals surface area contributed by atoms with Crippen LogP contribution in [0.25, 0.3) is 0 Å². The molecule has 144 valence electrons. The third-order valence-electron chi connectivity index (χ3n) is 5.52. The number of anilines is 1. The van der Waals surface area contributed by atoms with Crippen molar-refractivity contribution in [3.63, 3.8) is 0 Å². The number of nitriles is 1. The number of rotatable bonds is 4. The van der Waals surface area contributed by atoms with E-state index in [1.54, 1.807) is 0 Å². The zero-order valence-corrected chi connectivity index (χ0v) is 16.1. The molecule has 2 unspecified atom stereocenters. The Hall–Kier alpha value is -3.07. The van der Waals surface area contributed by atoms with Crippen molar-refractivity contribution in [1.82, 2.24) is 10.3 Å². The number of benzene rings is 1. The molecular weight excluding hydrogens is 352 g/mol. The van der Waals surface area contributed by atoms with Crippen molar-refractivity contribution in [2.45, 2.75) is 57.3 Å². The lowest BCUT2D eigenvalue weighted by Crippen LogP contribution is -2.37. The highest BCUT2D eigenvalue weighted by Gasteiger charge is 2.46. The van der Waals surface area contributed by atoms with Crippen molar-refractivity contribution >= 4 is 11.8 Å². The van der Waals surface area contributed by atoms with Gasteiger partial charge >= 0.3 is 6.09 Å². The minimum Gasteiger partial charge on any atom is -0.447 e. The predicted octanol–water partition coefficient (Wildman–Crippen LogP) is 3.72. The average molecular weight is 376 g/mol. The van der Waals surface area contributed by atoms with Crippen LogP contribution < -0.4 is 10.2 Å². The summed E-state index contributed by atoms with van der Waals surface area (Å²) < 4.78 is 5.25. The Morgan fingerprint density at radius 1 is 1.36 bits per heavy atom. The highest BCUT2D eigenvalue weighted by molar-refractivity contribution is 5.69. The fraction of sp³-hybridized carbons (Fsp3) is 0.409. The number of hydrogen-bond donors (Lipinski definition) is 1. The zero-order chi connectivity index (χ0) is 19.7. The minimum atomic E-state index is -0.359. The first-order chi connectivity index (χ1) is 13.5. The van der Waals surface area contributed by atoms with E-state index in [0.717, 1.165) is 18.5 Å². The predicted molar refractivity (Wildman–Crippen MR) is 106 cm³/mol. The molecule has 4 rings (SSSR count). The summed E-state index contributed by atoms with van der Waals surface area (Å²) in [7, 11) is 0. The molecule has 2 aromatic rings. The van der Waals surface area contributed by atoms with Crippen LogP contribution >= 0.6 is 0 Å². The Morgan fingerprint density at radius 2 is 2.21 bits per heavy atom. The van der Waals surface area contributed by atoms with Crippen LogP contribution in [0.2, 0.25) is 0 Å². The molecule has 0 radical (unpaired) electrons. The van der Waals surface area contributed by atoms with Gasteiger partial charge in [0.25, 0.3) is 0 Å². The standard InChI is InChI=1S/C22H24N4O2/c1-14(2)28-22(27)25-17-10-19-18-9-15(12-23)6-7-20(18)26(21(19)11-17)13-16-5-3-4-8-24-16/h3-9,14,17,19,21H,10-11,13H2,1-2H3,(H,25,27)/t17-,19?,21?/m0/s1. The summed E-state index contributed by atoms with van der Waals surface area (Å²) in [4.78, 5) is 18.9. The van der Waals surface area contributed by atoms with Crippen molar-refractivity contribution in [3.05, 3.63) is 59.4 Å². The van der Waals surface area contributed by atoms with E-state index in [4.69, 9.17) is 4.74 Å². The molecule has 1 fully saturated rings. The normalized spacial score (nSPS) is 22.5. The third kappa shape index (κ3) is 3.53. The summed E-state index contributed by atoms with van der Waals surface area (Å²) in [5.41, 5.74) is 4.05. The smallest absolute Gasteiger partial charge is 0.407 e. The van der Waals surface area contributed by atoms with Gasteiger partial charge in [-0.1, -0.05) is 6.07 Å². The van der Waals surface area contributed by atoms with E-state index in [9.17, 15) is 10.1 Å². The molecule has 6 heteroatoms. The van der Waals surface area contributed by atoms with Crippen LogP contribution in [0.3, 0.4) is 0 Å². The van der Waals surface area contributed by atoms with Gasteiger partial charge in [-0.25, -0.2) is 4.79 Å². The van der Waals surface area contributed by atoms with Gasteiger partial charge in [0.05, 0.1) is 30.0 Å². The Balaban J connectivity index is 1.59. The number of ether oxygens (including phenoxy) is 1. The SMILES string of the molecule is CC(C)OC(=O)N[C@H]1CC2c3cc(C#N)ccc3N(Cc3ccccn3)C2C1. The number of nitrogens with one attached hydrogen (secondary N) is 1. The van der Waals surface area contributed by atoms with Crippen molar-refractivity contribution in [2.24, 2.45) is 0 Å². The summed E-state index contributed by atoms with van der Waals surface area (Å²) in [6.45, 7) is 4.40. The Bertz CT molecular complexity index is 906. The monoisotopic (exact) mass is 376 g/mol. The molecule has 1 aromatic carbocycles. The average Bonchev–Trinajstić information content (AvgIpc) is 3.19. The highest BCUT2D eigenvalue weighted by atomic mass is 16.6. The molecule has 3 atom stereocenters. The van der Waals surface area contributed by atoms with Gasteiger partial charge < -0.3 is 15.0 Å². The lowest BCUT2D eigenvalue weighted by molar-refractivity contribution is 0.112. The number of hydrogen-bond acceptors (Lipinski definition) is 5. The molecule has 1 saturated carbocycles. The molecule has 2 aliphatic rings. The maximum Gasteiger partial charge on any atom is 0.407 e. The van der Waals surface area contributed by atoms with E-state index in [-0.39, 0.29) is 30.2 Å². The maximum absolute atomic E-state index is 12.0. The van der Waals surface area contributed by atoms with Crippen LogP contribution in [0, 0.1) is 11.3 Å². The van der Waals surface area contributed by atoms with Crippen LogP contribution in [-0.2, 0) is 11.3 Å². The number of nitrogens with zero attached hydrogens (tertiary/aromatic N) is 3. The second-order valence-corrected chi connectivity index (χ2v) is 7.77. The molecule has 28 heavy (non-hydrogen) atoms. The molecule has 2 heterocycles. The van der Waals surface area contributed by atoms with Crippen LogP contribution in [0.5, 0.6) is 0 Å². The quantitative estimate of drug-likeness (QED) is 0.880. The number of fused-ring (bicyclic) bond motifs is 3. The van der Waals surface area contributed by atoms with Crippen molar-refractivity contribution < 1.29 is 9.53 Å². The summed E-state index contributed by atoms with van der Waals surface area (Å²) in [5.74, 6) is 0.288. The van der Waals surface area contributed by atoms with Crippen molar-refractivity contribution in [3.8, 4) is 6.07 Å². The Kier molecular flexibility index (Phi) is 4.91. The Labute approximate surface area is 165 Å². The second kappa shape index (κ2) is 7.51. The van der Waals surface area contributed by atoms with Gasteiger partial charge in [0, 0.05) is 29.9 Å². The zero-order valence-electron chi connectivity index (χ0n) is 16.1. The van der Waals surface area contributed by atoms with E-state index in [1.165, 1.54) is 11.3 Å². The molecular formula is C22H24N4O2. The van der Waals surface area contributed by atoms with Crippen LogP contribution in [-0.4, -0.2) is 29.3 Å². The lowest BCUT2D eigenvalue weighted by atomic mass is 9.96. The molecule has 6 nitrogen and oxygen atoms in total. The number of alkyl carbamates (subject to hydrolysis) is 1. The first-order valence-corrected chi connectivity index (χ1v) is 9.73. The Morgan fingerprint density at radius 3 is 2.93 bits per heavy atom. The third-order valence-corrected chi connectivity index (χ3v) is 5.52. The molecule has 0 bridgehead atoms. The van der Waals surface area contributed by atoms with Gasteiger partial charge in [-0.2, -0.15) is 5.26 Å². The van der Waals surface area contributed by atoms with Crippen molar-refractivity contribution in [2.75, 3.05) is 4.90 Å². The molecule has 0 saturated heterocycles. The van der Waals surface area contributed by atoms with Crippen LogP contribution in [0.15, 0.2) is 42.6 Å². The maximum atomic E-state index is 12.0. The van der Waals surface area contributed by atoms with E-state index in [1.807, 2.05) is 56.4 Å². The second-order valence-electron chi connectivity index (χ2n) is 7.77. The summed E-state index contributed by atoms with van der Waals surface area (Å²) in [5, 5.41) is 12.3. The van der Waals surface area contributed by atoms with Crippen LogP contribution in [0.1, 0.15) is 49.4 Å².